The van der Waals surface area contributed by atoms with Crippen molar-refractivity contribution in [1.82, 2.24) is 5.32 Å². The first-order valence-corrected chi connectivity index (χ1v) is 5.16. The van der Waals surface area contributed by atoms with E-state index in [1.165, 1.54) is 19.3 Å². The third-order valence-corrected chi connectivity index (χ3v) is 2.68. The van der Waals surface area contributed by atoms with Crippen LogP contribution in [-0.4, -0.2) is 12.6 Å². The zero-order valence-corrected chi connectivity index (χ0v) is 8.56. The maximum Gasteiger partial charge on any atom is 0.0105 e. The first-order valence-electron chi connectivity index (χ1n) is 5.16. The monoisotopic (exact) mass is 167 g/mol. The van der Waals surface area contributed by atoms with Gasteiger partial charge >= 0.3 is 0 Å². The summed E-state index contributed by atoms with van der Waals surface area (Å²) >= 11 is 0. The molecule has 0 radical (unpaired) electrons. The van der Waals surface area contributed by atoms with Gasteiger partial charge < -0.3 is 5.32 Å². The van der Waals surface area contributed by atoms with E-state index in [1.807, 2.05) is 0 Å². The van der Waals surface area contributed by atoms with Gasteiger partial charge in [0, 0.05) is 6.04 Å². The van der Waals surface area contributed by atoms with Gasteiger partial charge in [0.25, 0.3) is 0 Å². The molecule has 0 aromatic heterocycles. The molecule has 1 nitrogen and oxygen atoms in total. The van der Waals surface area contributed by atoms with Crippen molar-refractivity contribution in [2.45, 2.75) is 46.1 Å². The Morgan fingerprint density at radius 1 is 1.58 bits per heavy atom. The van der Waals surface area contributed by atoms with Crippen molar-refractivity contribution in [3.8, 4) is 0 Å². The standard InChI is InChI=1S/C11H21N/c1-4-12-11-7-5-10(6-8-11)9(2)3/h5,9,11-12H,4,6-8H2,1-3H3. The lowest BCUT2D eigenvalue weighted by atomic mass is 9.89. The van der Waals surface area contributed by atoms with Gasteiger partial charge in [-0.05, 0) is 31.7 Å². The Balaban J connectivity index is 2.37. The van der Waals surface area contributed by atoms with Gasteiger partial charge in [0.2, 0.25) is 0 Å². The average Bonchev–Trinajstić information content (AvgIpc) is 2.06. The number of hydrogen-bond acceptors (Lipinski definition) is 1. The first-order chi connectivity index (χ1) is 5.74. The zero-order valence-electron chi connectivity index (χ0n) is 8.56. The van der Waals surface area contributed by atoms with Crippen molar-refractivity contribution >= 4 is 0 Å². The zero-order chi connectivity index (χ0) is 8.97. The lowest BCUT2D eigenvalue weighted by Gasteiger charge is -2.24. The molecule has 1 N–H and O–H groups in total. The summed E-state index contributed by atoms with van der Waals surface area (Å²) in [6, 6.07) is 0.748. The van der Waals surface area contributed by atoms with Crippen LogP contribution in [0.1, 0.15) is 40.0 Å². The summed E-state index contributed by atoms with van der Waals surface area (Å²) in [4.78, 5) is 0. The SMILES string of the molecule is CCNC1CC=C(C(C)C)CC1. The molecule has 0 heterocycles. The Labute approximate surface area is 76.2 Å². The van der Waals surface area contributed by atoms with Crippen LogP contribution in [-0.2, 0) is 0 Å². The van der Waals surface area contributed by atoms with E-state index in [0.717, 1.165) is 18.5 Å². The van der Waals surface area contributed by atoms with Crippen molar-refractivity contribution in [2.75, 3.05) is 6.54 Å². The van der Waals surface area contributed by atoms with E-state index in [0.29, 0.717) is 0 Å². The van der Waals surface area contributed by atoms with Crippen LogP contribution in [0.2, 0.25) is 0 Å². The smallest absolute Gasteiger partial charge is 0.0105 e. The first kappa shape index (κ1) is 9.79. The van der Waals surface area contributed by atoms with Crippen LogP contribution in [0.4, 0.5) is 0 Å². The Kier molecular flexibility index (Phi) is 3.80. The molecule has 1 unspecified atom stereocenters. The topological polar surface area (TPSA) is 12.0 Å². The fourth-order valence-corrected chi connectivity index (χ4v) is 1.85. The van der Waals surface area contributed by atoms with Crippen LogP contribution >= 0.6 is 0 Å². The molecule has 1 aliphatic rings. The van der Waals surface area contributed by atoms with E-state index < -0.39 is 0 Å². The lowest BCUT2D eigenvalue weighted by Crippen LogP contribution is -2.30. The van der Waals surface area contributed by atoms with Crippen LogP contribution in [0.25, 0.3) is 0 Å². The molecule has 1 atom stereocenters. The molecule has 1 heteroatoms. The predicted molar refractivity (Wildman–Crippen MR) is 54.2 cm³/mol. The van der Waals surface area contributed by atoms with E-state index in [-0.39, 0.29) is 0 Å². The molecule has 0 saturated carbocycles. The van der Waals surface area contributed by atoms with E-state index >= 15 is 0 Å². The molecule has 12 heavy (non-hydrogen) atoms. The highest BCUT2D eigenvalue weighted by atomic mass is 14.9. The third-order valence-electron chi connectivity index (χ3n) is 2.68. The molecule has 0 aliphatic heterocycles. The number of nitrogens with one attached hydrogen (secondary N) is 1. The molecule has 0 aromatic carbocycles. The van der Waals surface area contributed by atoms with Gasteiger partial charge in [0.1, 0.15) is 0 Å². The summed E-state index contributed by atoms with van der Waals surface area (Å²) in [6.45, 7) is 7.87. The normalized spacial score (nSPS) is 24.3. The molecular weight excluding hydrogens is 146 g/mol. The second kappa shape index (κ2) is 4.66. The Hall–Kier alpha value is -0.300. The summed E-state index contributed by atoms with van der Waals surface area (Å²) in [5.74, 6) is 0.757. The van der Waals surface area contributed by atoms with Gasteiger partial charge in [-0.25, -0.2) is 0 Å². The highest BCUT2D eigenvalue weighted by Crippen LogP contribution is 2.23. The average molecular weight is 167 g/mol. The Morgan fingerprint density at radius 3 is 2.75 bits per heavy atom. The molecular formula is C11H21N. The summed E-state index contributed by atoms with van der Waals surface area (Å²) in [5, 5.41) is 3.50. The highest BCUT2D eigenvalue weighted by Gasteiger charge is 2.14. The van der Waals surface area contributed by atoms with Gasteiger partial charge in [0.05, 0.1) is 0 Å². The van der Waals surface area contributed by atoms with Crippen molar-refractivity contribution < 1.29 is 0 Å². The maximum atomic E-state index is 3.50. The molecule has 0 amide bonds. The second-order valence-electron chi connectivity index (χ2n) is 3.96. The summed E-state index contributed by atoms with van der Waals surface area (Å²) in [6.07, 6.45) is 6.30. The van der Waals surface area contributed by atoms with Crippen LogP contribution in [0.3, 0.4) is 0 Å². The Morgan fingerprint density at radius 2 is 2.33 bits per heavy atom. The molecule has 70 valence electrons. The number of hydrogen-bond donors (Lipinski definition) is 1. The molecule has 1 aliphatic carbocycles. The van der Waals surface area contributed by atoms with Gasteiger partial charge in [0.15, 0.2) is 0 Å². The summed E-state index contributed by atoms with van der Waals surface area (Å²) < 4.78 is 0. The summed E-state index contributed by atoms with van der Waals surface area (Å²) in [5.41, 5.74) is 1.66. The maximum absolute atomic E-state index is 3.50. The van der Waals surface area contributed by atoms with Crippen LogP contribution < -0.4 is 5.32 Å². The quantitative estimate of drug-likeness (QED) is 0.637. The molecule has 1 rings (SSSR count). The van der Waals surface area contributed by atoms with E-state index in [4.69, 9.17) is 0 Å². The number of rotatable bonds is 3. The largest absolute Gasteiger partial charge is 0.314 e. The van der Waals surface area contributed by atoms with Crippen molar-refractivity contribution in [1.29, 1.82) is 0 Å². The molecule has 0 aromatic rings. The van der Waals surface area contributed by atoms with Gasteiger partial charge in [-0.15, -0.1) is 0 Å². The van der Waals surface area contributed by atoms with Crippen molar-refractivity contribution in [2.24, 2.45) is 5.92 Å². The van der Waals surface area contributed by atoms with E-state index in [9.17, 15) is 0 Å². The lowest BCUT2D eigenvalue weighted by molar-refractivity contribution is 0.465. The predicted octanol–water partition coefficient (Wildman–Crippen LogP) is 2.73. The van der Waals surface area contributed by atoms with Gasteiger partial charge in [-0.3, -0.25) is 0 Å². The fraction of sp³-hybridized carbons (Fsp3) is 0.818. The minimum absolute atomic E-state index is 0.748. The molecule has 0 fully saturated rings. The Bertz CT molecular complexity index is 158. The highest BCUT2D eigenvalue weighted by molar-refractivity contribution is 5.09. The minimum atomic E-state index is 0.748. The van der Waals surface area contributed by atoms with E-state index in [1.54, 1.807) is 5.57 Å². The summed E-state index contributed by atoms with van der Waals surface area (Å²) in [7, 11) is 0. The van der Waals surface area contributed by atoms with Crippen LogP contribution in [0.5, 0.6) is 0 Å². The van der Waals surface area contributed by atoms with Gasteiger partial charge in [-0.2, -0.15) is 0 Å². The third kappa shape index (κ3) is 2.63. The molecule has 0 spiro atoms. The van der Waals surface area contributed by atoms with E-state index in [2.05, 4.69) is 32.2 Å². The number of allylic oxidation sites excluding steroid dienone is 1. The minimum Gasteiger partial charge on any atom is -0.314 e. The second-order valence-corrected chi connectivity index (χ2v) is 3.96. The van der Waals surface area contributed by atoms with Crippen LogP contribution in [0, 0.1) is 5.92 Å². The fourth-order valence-electron chi connectivity index (χ4n) is 1.85. The molecule has 0 bridgehead atoms. The van der Waals surface area contributed by atoms with Crippen molar-refractivity contribution in [3.63, 3.8) is 0 Å². The molecule has 0 saturated heterocycles. The van der Waals surface area contributed by atoms with Crippen molar-refractivity contribution in [3.05, 3.63) is 11.6 Å². The van der Waals surface area contributed by atoms with Crippen LogP contribution in [0.15, 0.2) is 11.6 Å². The van der Waals surface area contributed by atoms with Gasteiger partial charge in [-0.1, -0.05) is 32.4 Å².